The van der Waals surface area contributed by atoms with E-state index < -0.39 is 42.2 Å². The third kappa shape index (κ3) is 4.96. The van der Waals surface area contributed by atoms with Gasteiger partial charge in [0.05, 0.1) is 17.8 Å². The third-order valence-corrected chi connectivity index (χ3v) is 7.21. The highest BCUT2D eigenvalue weighted by Crippen LogP contribution is 2.40. The van der Waals surface area contributed by atoms with Crippen LogP contribution in [0.25, 0.3) is 11.3 Å². The van der Waals surface area contributed by atoms with E-state index in [2.05, 4.69) is 31.2 Å². The van der Waals surface area contributed by atoms with Crippen LogP contribution in [-0.2, 0) is 9.47 Å². The first-order chi connectivity index (χ1) is 16.4. The Hall–Kier alpha value is -2.11. The summed E-state index contributed by atoms with van der Waals surface area (Å²) in [5, 5.41) is 38.5. The average Bonchev–Trinajstić information content (AvgIpc) is 3.31. The zero-order valence-corrected chi connectivity index (χ0v) is 20.7. The van der Waals surface area contributed by atoms with Crippen LogP contribution in [0.4, 0.5) is 4.39 Å². The second kappa shape index (κ2) is 10.7. The number of benzene rings is 1. The molecule has 2 N–H and O–H groups in total. The normalized spacial score (nSPS) is 24.7. The van der Waals surface area contributed by atoms with Gasteiger partial charge in [-0.15, -0.1) is 5.10 Å². The van der Waals surface area contributed by atoms with Crippen LogP contribution >= 0.6 is 39.3 Å². The SMILES string of the molecule is CO[C@@H]1[C@@H](n2cc(-c3ccc(Cl)c(F)c3)nn2)[C@@H](O)[C@@H](CO)O[C@@H]1Sc1cc(Br)cnc1C#N. The predicted molar refractivity (Wildman–Crippen MR) is 125 cm³/mol. The first-order valence-corrected chi connectivity index (χ1v) is 12.0. The summed E-state index contributed by atoms with van der Waals surface area (Å²) in [6.45, 7) is -0.461. The molecule has 9 nitrogen and oxygen atoms in total. The molecular formula is C21H18BrClFN5O4S. The number of pyridine rings is 1. The Morgan fingerprint density at radius 3 is 2.88 bits per heavy atom. The quantitative estimate of drug-likeness (QED) is 0.459. The van der Waals surface area contributed by atoms with Gasteiger partial charge >= 0.3 is 0 Å². The van der Waals surface area contributed by atoms with E-state index >= 15 is 0 Å². The summed E-state index contributed by atoms with van der Waals surface area (Å²) in [6, 6.07) is 7.21. The van der Waals surface area contributed by atoms with Gasteiger partial charge in [-0.25, -0.2) is 14.1 Å². The predicted octanol–water partition coefficient (Wildman–Crippen LogP) is 3.19. The monoisotopic (exact) mass is 569 g/mol. The number of hydrogen-bond acceptors (Lipinski definition) is 9. The van der Waals surface area contributed by atoms with Crippen molar-refractivity contribution in [1.82, 2.24) is 20.0 Å². The fourth-order valence-corrected chi connectivity index (χ4v) is 5.50. The number of halogens is 3. The molecule has 0 radical (unpaired) electrons. The van der Waals surface area contributed by atoms with Crippen LogP contribution < -0.4 is 0 Å². The van der Waals surface area contributed by atoms with E-state index in [4.69, 9.17) is 21.1 Å². The van der Waals surface area contributed by atoms with E-state index in [9.17, 15) is 19.9 Å². The highest BCUT2D eigenvalue weighted by atomic mass is 79.9. The largest absolute Gasteiger partial charge is 0.394 e. The number of rotatable bonds is 6. The minimum atomic E-state index is -1.20. The van der Waals surface area contributed by atoms with Crippen LogP contribution in [0.1, 0.15) is 11.7 Å². The standard InChI is InChI=1S/C21H18BrClFN5O4S/c1-32-20-18(29-8-15(27-28-29)10-2-3-12(23)13(24)4-10)19(31)16(9-30)33-21(20)34-17-5-11(22)7-26-14(17)6-25/h2-5,7-8,16,18-21,30-31H,9H2,1H3/t16-,18+,19+,20-,21-/m1/s1. The van der Waals surface area contributed by atoms with Crippen molar-refractivity contribution in [2.24, 2.45) is 0 Å². The van der Waals surface area contributed by atoms with Gasteiger partial charge in [0.15, 0.2) is 5.69 Å². The highest BCUT2D eigenvalue weighted by Gasteiger charge is 2.47. The topological polar surface area (TPSA) is 126 Å². The second-order valence-corrected chi connectivity index (χ2v) is 9.81. The Balaban J connectivity index is 1.68. The number of nitriles is 1. The fraction of sp³-hybridized carbons (Fsp3) is 0.333. The van der Waals surface area contributed by atoms with Gasteiger partial charge < -0.3 is 19.7 Å². The number of aliphatic hydroxyl groups excluding tert-OH is 2. The van der Waals surface area contributed by atoms with Crippen LogP contribution in [0.15, 0.2) is 46.0 Å². The number of thioether (sulfide) groups is 1. The fourth-order valence-electron chi connectivity index (χ4n) is 3.64. The summed E-state index contributed by atoms with van der Waals surface area (Å²) >= 11 is 10.3. The van der Waals surface area contributed by atoms with Gasteiger partial charge in [0.2, 0.25) is 0 Å². The molecule has 178 valence electrons. The van der Waals surface area contributed by atoms with E-state index in [0.717, 1.165) is 0 Å². The molecule has 1 aliphatic rings. The van der Waals surface area contributed by atoms with Crippen molar-refractivity contribution in [3.05, 3.63) is 57.7 Å². The van der Waals surface area contributed by atoms with Crippen LogP contribution in [0.2, 0.25) is 5.02 Å². The molecule has 4 rings (SSSR count). The summed E-state index contributed by atoms with van der Waals surface area (Å²) in [4.78, 5) is 4.64. The van der Waals surface area contributed by atoms with E-state index in [-0.39, 0.29) is 10.7 Å². The molecule has 3 aromatic rings. The second-order valence-electron chi connectivity index (χ2n) is 7.35. The molecule has 0 bridgehead atoms. The van der Waals surface area contributed by atoms with Crippen molar-refractivity contribution < 1.29 is 24.1 Å². The van der Waals surface area contributed by atoms with Crippen LogP contribution in [-0.4, -0.2) is 67.7 Å². The maximum atomic E-state index is 13.9. The third-order valence-electron chi connectivity index (χ3n) is 5.30. The van der Waals surface area contributed by atoms with Crippen molar-refractivity contribution >= 4 is 39.3 Å². The van der Waals surface area contributed by atoms with Gasteiger partial charge in [-0.2, -0.15) is 5.26 Å². The van der Waals surface area contributed by atoms with E-state index in [1.807, 2.05) is 6.07 Å². The lowest BCUT2D eigenvalue weighted by Crippen LogP contribution is -2.55. The molecule has 34 heavy (non-hydrogen) atoms. The van der Waals surface area contributed by atoms with Crippen LogP contribution in [0.3, 0.4) is 0 Å². The minimum Gasteiger partial charge on any atom is -0.394 e. The first kappa shape index (κ1) is 25.0. The van der Waals surface area contributed by atoms with Crippen molar-refractivity contribution in [3.8, 4) is 17.3 Å². The molecule has 0 spiro atoms. The maximum absolute atomic E-state index is 13.9. The number of methoxy groups -OCH3 is 1. The zero-order chi connectivity index (χ0) is 24.4. The number of hydrogen-bond donors (Lipinski definition) is 2. The summed E-state index contributed by atoms with van der Waals surface area (Å²) in [7, 11) is 1.46. The van der Waals surface area contributed by atoms with E-state index in [1.165, 1.54) is 41.9 Å². The molecule has 0 unspecified atom stereocenters. The number of aliphatic hydroxyl groups is 2. The van der Waals surface area contributed by atoms with Crippen molar-refractivity contribution in [3.63, 3.8) is 0 Å². The van der Waals surface area contributed by atoms with E-state index in [0.29, 0.717) is 20.6 Å². The Morgan fingerprint density at radius 1 is 1.41 bits per heavy atom. The smallest absolute Gasteiger partial charge is 0.154 e. The van der Waals surface area contributed by atoms with Crippen molar-refractivity contribution in [1.29, 1.82) is 5.26 Å². The van der Waals surface area contributed by atoms with Gasteiger partial charge in [-0.05, 0) is 34.1 Å². The van der Waals surface area contributed by atoms with Gasteiger partial charge in [-0.1, -0.05) is 34.6 Å². The lowest BCUT2D eigenvalue weighted by atomic mass is 9.97. The van der Waals surface area contributed by atoms with Crippen LogP contribution in [0.5, 0.6) is 0 Å². The Bertz CT molecular complexity index is 1230. The molecule has 5 atom stereocenters. The molecule has 1 aliphatic heterocycles. The number of aromatic nitrogens is 4. The Morgan fingerprint density at radius 2 is 2.21 bits per heavy atom. The molecule has 13 heteroatoms. The lowest BCUT2D eigenvalue weighted by molar-refractivity contribution is -0.186. The van der Waals surface area contributed by atoms with Crippen molar-refractivity contribution in [2.45, 2.75) is 34.7 Å². The van der Waals surface area contributed by atoms with Crippen molar-refractivity contribution in [2.75, 3.05) is 13.7 Å². The molecule has 0 amide bonds. The van der Waals surface area contributed by atoms with Gasteiger partial charge in [-0.3, -0.25) is 0 Å². The number of nitrogens with zero attached hydrogens (tertiary/aromatic N) is 5. The molecule has 1 fully saturated rings. The Labute approximate surface area is 211 Å². The van der Waals surface area contributed by atoms with Gasteiger partial charge in [0.1, 0.15) is 47.4 Å². The average molecular weight is 571 g/mol. The van der Waals surface area contributed by atoms with E-state index in [1.54, 1.807) is 18.3 Å². The highest BCUT2D eigenvalue weighted by molar-refractivity contribution is 9.10. The summed E-state index contributed by atoms with van der Waals surface area (Å²) in [5.74, 6) is -0.595. The molecule has 1 saturated heterocycles. The molecule has 0 aliphatic carbocycles. The minimum absolute atomic E-state index is 0.0140. The van der Waals surface area contributed by atoms with Gasteiger partial charge in [0, 0.05) is 28.2 Å². The molecule has 1 aromatic carbocycles. The summed E-state index contributed by atoms with van der Waals surface area (Å²) in [5.41, 5.74) is 0.269. The first-order valence-electron chi connectivity index (χ1n) is 9.93. The van der Waals surface area contributed by atoms with Crippen LogP contribution in [0, 0.1) is 17.1 Å². The molecule has 0 saturated carbocycles. The zero-order valence-electron chi connectivity index (χ0n) is 17.5. The number of ether oxygens (including phenoxy) is 2. The molecular weight excluding hydrogens is 553 g/mol. The Kier molecular flexibility index (Phi) is 7.83. The lowest BCUT2D eigenvalue weighted by Gasteiger charge is -2.43. The molecule has 2 aromatic heterocycles. The summed E-state index contributed by atoms with van der Waals surface area (Å²) in [6.07, 6.45) is 0.146. The summed E-state index contributed by atoms with van der Waals surface area (Å²) < 4.78 is 27.6. The van der Waals surface area contributed by atoms with Gasteiger partial charge in [0.25, 0.3) is 0 Å². The maximum Gasteiger partial charge on any atom is 0.154 e. The molecule has 3 heterocycles.